The fourth-order valence-electron chi connectivity index (χ4n) is 1.87. The molecule has 1 aromatic heterocycles. The van der Waals surface area contributed by atoms with Crippen LogP contribution in [0.4, 0.5) is 0 Å². The van der Waals surface area contributed by atoms with Crippen molar-refractivity contribution < 1.29 is 4.79 Å². The molecule has 1 heterocycles. The van der Waals surface area contributed by atoms with Gasteiger partial charge in [-0.3, -0.25) is 9.48 Å². The summed E-state index contributed by atoms with van der Waals surface area (Å²) in [6, 6.07) is 7.30. The second kappa shape index (κ2) is 7.05. The van der Waals surface area contributed by atoms with Crippen LogP contribution in [0, 0.1) is 0 Å². The Kier molecular flexibility index (Phi) is 5.12. The smallest absolute Gasteiger partial charge is 0.224 e. The summed E-state index contributed by atoms with van der Waals surface area (Å²) in [5, 5.41) is 7.58. The van der Waals surface area contributed by atoms with E-state index in [-0.39, 0.29) is 5.91 Å². The first-order chi connectivity index (χ1) is 9.65. The molecule has 0 unspecified atom stereocenters. The van der Waals surface area contributed by atoms with Crippen molar-refractivity contribution in [2.75, 3.05) is 6.54 Å². The van der Waals surface area contributed by atoms with E-state index in [9.17, 15) is 4.79 Å². The van der Waals surface area contributed by atoms with Crippen LogP contribution in [-0.2, 0) is 24.7 Å². The summed E-state index contributed by atoms with van der Waals surface area (Å²) in [6.45, 7) is 0.638. The van der Waals surface area contributed by atoms with E-state index in [1.165, 1.54) is 6.33 Å². The molecule has 0 atom stereocenters. The molecular formula is C14H17ClN4O. The second-order valence-electron chi connectivity index (χ2n) is 4.56. The van der Waals surface area contributed by atoms with E-state index in [2.05, 4.69) is 15.4 Å². The summed E-state index contributed by atoms with van der Waals surface area (Å²) in [7, 11) is 1.86. The molecule has 0 aliphatic carbocycles. The van der Waals surface area contributed by atoms with Crippen molar-refractivity contribution in [3.8, 4) is 0 Å². The predicted molar refractivity (Wildman–Crippen MR) is 77.5 cm³/mol. The van der Waals surface area contributed by atoms with Gasteiger partial charge in [-0.2, -0.15) is 5.10 Å². The molecule has 0 spiro atoms. The van der Waals surface area contributed by atoms with Crippen molar-refractivity contribution in [2.45, 2.75) is 19.3 Å². The van der Waals surface area contributed by atoms with Gasteiger partial charge >= 0.3 is 0 Å². The van der Waals surface area contributed by atoms with Gasteiger partial charge in [0.25, 0.3) is 0 Å². The lowest BCUT2D eigenvalue weighted by Gasteiger charge is -2.05. The van der Waals surface area contributed by atoms with Gasteiger partial charge in [-0.25, -0.2) is 4.98 Å². The molecule has 0 saturated heterocycles. The average Bonchev–Trinajstić information content (AvgIpc) is 2.83. The van der Waals surface area contributed by atoms with Crippen LogP contribution in [0.5, 0.6) is 0 Å². The Balaban J connectivity index is 1.68. The van der Waals surface area contributed by atoms with Gasteiger partial charge in [0, 0.05) is 25.0 Å². The van der Waals surface area contributed by atoms with E-state index in [0.29, 0.717) is 18.0 Å². The van der Waals surface area contributed by atoms with Gasteiger partial charge < -0.3 is 5.32 Å². The van der Waals surface area contributed by atoms with Crippen molar-refractivity contribution >= 4 is 17.5 Å². The number of rotatable bonds is 6. The van der Waals surface area contributed by atoms with E-state index in [0.717, 1.165) is 24.2 Å². The van der Waals surface area contributed by atoms with Crippen LogP contribution in [0.15, 0.2) is 30.6 Å². The maximum Gasteiger partial charge on any atom is 0.224 e. The Hall–Kier alpha value is -1.88. The Bertz CT molecular complexity index is 565. The monoisotopic (exact) mass is 292 g/mol. The number of benzene rings is 1. The molecule has 5 nitrogen and oxygen atoms in total. The number of nitrogens with zero attached hydrogens (tertiary/aromatic N) is 3. The van der Waals surface area contributed by atoms with Gasteiger partial charge in [0.05, 0.1) is 6.42 Å². The van der Waals surface area contributed by atoms with Gasteiger partial charge in [0.2, 0.25) is 5.91 Å². The largest absolute Gasteiger partial charge is 0.356 e. The van der Waals surface area contributed by atoms with Gasteiger partial charge in [0.15, 0.2) is 0 Å². The first-order valence-corrected chi connectivity index (χ1v) is 6.87. The highest BCUT2D eigenvalue weighted by molar-refractivity contribution is 6.30. The lowest BCUT2D eigenvalue weighted by molar-refractivity contribution is -0.120. The molecule has 0 aliphatic heterocycles. The highest BCUT2D eigenvalue weighted by Crippen LogP contribution is 2.09. The number of carbonyl (C=O) groups excluding carboxylic acids is 1. The van der Waals surface area contributed by atoms with Crippen molar-refractivity contribution in [2.24, 2.45) is 7.05 Å². The molecule has 0 saturated carbocycles. The molecule has 0 bridgehead atoms. The van der Waals surface area contributed by atoms with Crippen molar-refractivity contribution in [3.05, 3.63) is 47.0 Å². The van der Waals surface area contributed by atoms with Crippen LogP contribution < -0.4 is 5.32 Å². The molecule has 6 heteroatoms. The summed E-state index contributed by atoms with van der Waals surface area (Å²) in [5.74, 6) is 0.947. The van der Waals surface area contributed by atoms with Crippen LogP contribution in [0.2, 0.25) is 5.02 Å². The fourth-order valence-corrected chi connectivity index (χ4v) is 2.00. The third kappa shape index (κ3) is 4.35. The standard InChI is InChI=1S/C14H17ClN4O/c1-19-13(17-10-18-19)3-2-8-16-14(20)9-11-4-6-12(15)7-5-11/h4-7,10H,2-3,8-9H2,1H3,(H,16,20). The minimum absolute atomic E-state index is 0.0188. The Morgan fingerprint density at radius 3 is 2.75 bits per heavy atom. The third-order valence-corrected chi connectivity index (χ3v) is 3.23. The number of nitrogens with one attached hydrogen (secondary N) is 1. The van der Waals surface area contributed by atoms with Crippen LogP contribution in [0.3, 0.4) is 0 Å². The molecular weight excluding hydrogens is 276 g/mol. The average molecular weight is 293 g/mol. The van der Waals surface area contributed by atoms with Crippen LogP contribution >= 0.6 is 11.6 Å². The van der Waals surface area contributed by atoms with Gasteiger partial charge in [0.1, 0.15) is 12.2 Å². The third-order valence-electron chi connectivity index (χ3n) is 2.98. The van der Waals surface area contributed by atoms with E-state index in [1.807, 2.05) is 19.2 Å². The normalized spacial score (nSPS) is 10.5. The van der Waals surface area contributed by atoms with E-state index in [4.69, 9.17) is 11.6 Å². The first-order valence-electron chi connectivity index (χ1n) is 6.49. The minimum atomic E-state index is 0.0188. The Morgan fingerprint density at radius 1 is 1.35 bits per heavy atom. The molecule has 2 aromatic rings. The number of carbonyl (C=O) groups is 1. The summed E-state index contributed by atoms with van der Waals surface area (Å²) in [4.78, 5) is 15.9. The molecule has 1 amide bonds. The molecule has 2 rings (SSSR count). The topological polar surface area (TPSA) is 59.8 Å². The van der Waals surface area contributed by atoms with Gasteiger partial charge in [-0.15, -0.1) is 0 Å². The van der Waals surface area contributed by atoms with Crippen LogP contribution in [-0.4, -0.2) is 27.2 Å². The Morgan fingerprint density at radius 2 is 2.10 bits per heavy atom. The molecule has 1 aromatic carbocycles. The van der Waals surface area contributed by atoms with Crippen LogP contribution in [0.1, 0.15) is 17.8 Å². The van der Waals surface area contributed by atoms with E-state index >= 15 is 0 Å². The lowest BCUT2D eigenvalue weighted by Crippen LogP contribution is -2.26. The number of hydrogen-bond acceptors (Lipinski definition) is 3. The number of hydrogen-bond donors (Lipinski definition) is 1. The van der Waals surface area contributed by atoms with Gasteiger partial charge in [-0.1, -0.05) is 23.7 Å². The molecule has 20 heavy (non-hydrogen) atoms. The summed E-state index contributed by atoms with van der Waals surface area (Å²) in [6.07, 6.45) is 3.56. The zero-order chi connectivity index (χ0) is 14.4. The zero-order valence-electron chi connectivity index (χ0n) is 11.3. The van der Waals surface area contributed by atoms with E-state index in [1.54, 1.807) is 16.8 Å². The fraction of sp³-hybridized carbons (Fsp3) is 0.357. The maximum absolute atomic E-state index is 11.7. The van der Waals surface area contributed by atoms with Crippen molar-refractivity contribution in [1.29, 1.82) is 0 Å². The summed E-state index contributed by atoms with van der Waals surface area (Å²) < 4.78 is 1.75. The van der Waals surface area contributed by atoms with Crippen molar-refractivity contribution in [3.63, 3.8) is 0 Å². The number of aryl methyl sites for hydroxylation is 2. The van der Waals surface area contributed by atoms with Crippen LogP contribution in [0.25, 0.3) is 0 Å². The van der Waals surface area contributed by atoms with Crippen molar-refractivity contribution in [1.82, 2.24) is 20.1 Å². The molecule has 0 aliphatic rings. The molecule has 0 radical (unpaired) electrons. The highest BCUT2D eigenvalue weighted by atomic mass is 35.5. The first kappa shape index (κ1) is 14.5. The number of amides is 1. The molecule has 1 N–H and O–H groups in total. The van der Waals surface area contributed by atoms with E-state index < -0.39 is 0 Å². The predicted octanol–water partition coefficient (Wildman–Crippen LogP) is 1.76. The zero-order valence-corrected chi connectivity index (χ0v) is 12.1. The number of aromatic nitrogens is 3. The quantitative estimate of drug-likeness (QED) is 0.825. The molecule has 106 valence electrons. The second-order valence-corrected chi connectivity index (χ2v) is 4.99. The highest BCUT2D eigenvalue weighted by Gasteiger charge is 2.04. The number of halogens is 1. The molecule has 0 fully saturated rings. The summed E-state index contributed by atoms with van der Waals surface area (Å²) >= 11 is 5.80. The SMILES string of the molecule is Cn1ncnc1CCCNC(=O)Cc1ccc(Cl)cc1. The minimum Gasteiger partial charge on any atom is -0.356 e. The maximum atomic E-state index is 11.7. The Labute approximate surface area is 123 Å². The lowest BCUT2D eigenvalue weighted by atomic mass is 10.1. The van der Waals surface area contributed by atoms with Gasteiger partial charge in [-0.05, 0) is 24.1 Å². The summed E-state index contributed by atoms with van der Waals surface area (Å²) in [5.41, 5.74) is 0.959.